The fourth-order valence-electron chi connectivity index (χ4n) is 1.28. The summed E-state index contributed by atoms with van der Waals surface area (Å²) < 4.78 is 5.01. The van der Waals surface area contributed by atoms with E-state index in [4.69, 9.17) is 15.6 Å². The monoisotopic (exact) mass is 254 g/mol. The molecule has 0 aromatic heterocycles. The van der Waals surface area contributed by atoms with Gasteiger partial charge < -0.3 is 26.0 Å². The second-order valence-corrected chi connectivity index (χ2v) is 4.29. The van der Waals surface area contributed by atoms with Crippen LogP contribution < -0.4 is 15.8 Å². The molecule has 1 atom stereocenters. The molecule has 0 fully saturated rings. The number of amides is 1. The first-order valence-corrected chi connectivity index (χ1v) is 5.44. The molecular formula is C12H18N2O4. The zero-order chi connectivity index (χ0) is 13.8. The topological polar surface area (TPSA) is 105 Å². The molecular weight excluding hydrogens is 236 g/mol. The van der Waals surface area contributed by atoms with Crippen molar-refractivity contribution in [1.82, 2.24) is 5.32 Å². The first-order chi connectivity index (χ1) is 8.39. The molecule has 1 rings (SSSR count). The second kappa shape index (κ2) is 5.70. The van der Waals surface area contributed by atoms with Crippen molar-refractivity contribution in [2.24, 2.45) is 0 Å². The third-order valence-corrected chi connectivity index (χ3v) is 2.47. The molecule has 0 heterocycles. The standard InChI is InChI=1S/C12H18N2O4/c1-12(17,7-15)6-14-11(16)8-3-4-9(13)10(5-8)18-2/h3-5,15,17H,6-7,13H2,1-2H3,(H,14,16). The number of aliphatic hydroxyl groups is 2. The van der Waals surface area contributed by atoms with E-state index in [2.05, 4.69) is 5.32 Å². The molecule has 18 heavy (non-hydrogen) atoms. The van der Waals surface area contributed by atoms with Crippen LogP contribution in [0.3, 0.4) is 0 Å². The Kier molecular flexibility index (Phi) is 4.52. The highest BCUT2D eigenvalue weighted by Crippen LogP contribution is 2.22. The predicted octanol–water partition coefficient (Wildman–Crippen LogP) is -0.250. The second-order valence-electron chi connectivity index (χ2n) is 4.29. The Bertz CT molecular complexity index is 432. The van der Waals surface area contributed by atoms with Crippen LogP contribution in [0, 0.1) is 0 Å². The Labute approximate surface area is 105 Å². The summed E-state index contributed by atoms with van der Waals surface area (Å²) >= 11 is 0. The lowest BCUT2D eigenvalue weighted by Gasteiger charge is -2.20. The predicted molar refractivity (Wildman–Crippen MR) is 67.4 cm³/mol. The van der Waals surface area contributed by atoms with E-state index in [1.165, 1.54) is 20.1 Å². The van der Waals surface area contributed by atoms with Crippen molar-refractivity contribution in [3.05, 3.63) is 23.8 Å². The number of nitrogens with two attached hydrogens (primary N) is 1. The highest BCUT2D eigenvalue weighted by molar-refractivity contribution is 5.95. The summed E-state index contributed by atoms with van der Waals surface area (Å²) in [6.07, 6.45) is 0. The lowest BCUT2D eigenvalue weighted by atomic mass is 10.1. The van der Waals surface area contributed by atoms with Crippen LogP contribution in [0.15, 0.2) is 18.2 Å². The van der Waals surface area contributed by atoms with Gasteiger partial charge in [-0.25, -0.2) is 0 Å². The van der Waals surface area contributed by atoms with Gasteiger partial charge in [-0.15, -0.1) is 0 Å². The number of carbonyl (C=O) groups excluding carboxylic acids is 1. The molecule has 100 valence electrons. The van der Waals surface area contributed by atoms with Gasteiger partial charge >= 0.3 is 0 Å². The summed E-state index contributed by atoms with van der Waals surface area (Å²) in [5.74, 6) is 0.0404. The fourth-order valence-corrected chi connectivity index (χ4v) is 1.28. The molecule has 0 radical (unpaired) electrons. The first-order valence-electron chi connectivity index (χ1n) is 5.44. The molecule has 6 heteroatoms. The van der Waals surface area contributed by atoms with E-state index in [9.17, 15) is 9.90 Å². The molecule has 1 aromatic carbocycles. The van der Waals surface area contributed by atoms with Crippen molar-refractivity contribution >= 4 is 11.6 Å². The number of nitrogens with one attached hydrogen (secondary N) is 1. The molecule has 0 aliphatic carbocycles. The highest BCUT2D eigenvalue weighted by atomic mass is 16.5. The van der Waals surface area contributed by atoms with E-state index in [1.54, 1.807) is 12.1 Å². The van der Waals surface area contributed by atoms with Crippen LogP contribution in [0.25, 0.3) is 0 Å². The average molecular weight is 254 g/mol. The number of anilines is 1. The van der Waals surface area contributed by atoms with Crippen molar-refractivity contribution in [1.29, 1.82) is 0 Å². The van der Waals surface area contributed by atoms with Crippen LogP contribution in [0.4, 0.5) is 5.69 Å². The third-order valence-electron chi connectivity index (χ3n) is 2.47. The van der Waals surface area contributed by atoms with Crippen molar-refractivity contribution in [3.63, 3.8) is 0 Å². The van der Waals surface area contributed by atoms with E-state index < -0.39 is 12.2 Å². The van der Waals surface area contributed by atoms with E-state index in [0.29, 0.717) is 17.0 Å². The highest BCUT2D eigenvalue weighted by Gasteiger charge is 2.20. The minimum absolute atomic E-state index is 0.0466. The maximum absolute atomic E-state index is 11.8. The number of benzene rings is 1. The van der Waals surface area contributed by atoms with Crippen LogP contribution in [0.2, 0.25) is 0 Å². The SMILES string of the molecule is COc1cc(C(=O)NCC(C)(O)CO)ccc1N. The smallest absolute Gasteiger partial charge is 0.251 e. The van der Waals surface area contributed by atoms with Gasteiger partial charge in [0.1, 0.15) is 11.4 Å². The summed E-state index contributed by atoms with van der Waals surface area (Å²) in [4.78, 5) is 11.8. The molecule has 0 saturated heterocycles. The molecule has 0 aliphatic rings. The Morgan fingerprint density at radius 3 is 2.78 bits per heavy atom. The Hall–Kier alpha value is -1.79. The van der Waals surface area contributed by atoms with Gasteiger partial charge in [-0.2, -0.15) is 0 Å². The summed E-state index contributed by atoms with van der Waals surface area (Å²) in [5.41, 5.74) is 5.11. The molecule has 0 bridgehead atoms. The number of nitrogen functional groups attached to an aromatic ring is 1. The minimum Gasteiger partial charge on any atom is -0.495 e. The fraction of sp³-hybridized carbons (Fsp3) is 0.417. The maximum Gasteiger partial charge on any atom is 0.251 e. The van der Waals surface area contributed by atoms with Gasteiger partial charge in [0.05, 0.1) is 19.4 Å². The van der Waals surface area contributed by atoms with Crippen LogP contribution >= 0.6 is 0 Å². The lowest BCUT2D eigenvalue weighted by Crippen LogP contribution is -2.43. The molecule has 1 unspecified atom stereocenters. The average Bonchev–Trinajstić information content (AvgIpc) is 2.36. The Morgan fingerprint density at radius 1 is 1.56 bits per heavy atom. The normalized spacial score (nSPS) is 13.8. The van der Waals surface area contributed by atoms with Crippen molar-refractivity contribution in [3.8, 4) is 5.75 Å². The molecule has 1 aromatic rings. The first kappa shape index (κ1) is 14.3. The number of methoxy groups -OCH3 is 1. The van der Waals surface area contributed by atoms with Crippen molar-refractivity contribution in [2.45, 2.75) is 12.5 Å². The van der Waals surface area contributed by atoms with E-state index in [-0.39, 0.29) is 12.5 Å². The summed E-state index contributed by atoms with van der Waals surface area (Å²) in [7, 11) is 1.46. The number of hydrogen-bond acceptors (Lipinski definition) is 5. The van der Waals surface area contributed by atoms with Gasteiger partial charge in [0.2, 0.25) is 0 Å². The van der Waals surface area contributed by atoms with Gasteiger partial charge in [-0.3, -0.25) is 4.79 Å². The summed E-state index contributed by atoms with van der Waals surface area (Å²) in [5, 5.41) is 20.9. The number of aliphatic hydroxyl groups excluding tert-OH is 1. The largest absolute Gasteiger partial charge is 0.495 e. The van der Waals surface area contributed by atoms with Crippen molar-refractivity contribution in [2.75, 3.05) is 26.0 Å². The summed E-state index contributed by atoms with van der Waals surface area (Å²) in [6, 6.07) is 4.64. The molecule has 5 N–H and O–H groups in total. The lowest BCUT2D eigenvalue weighted by molar-refractivity contribution is 0.00320. The molecule has 0 spiro atoms. The quantitative estimate of drug-likeness (QED) is 0.542. The van der Waals surface area contributed by atoms with Crippen LogP contribution in [0.1, 0.15) is 17.3 Å². The van der Waals surface area contributed by atoms with Gasteiger partial charge in [0.15, 0.2) is 0 Å². The van der Waals surface area contributed by atoms with Gasteiger partial charge in [0, 0.05) is 12.1 Å². The van der Waals surface area contributed by atoms with Crippen LogP contribution in [0.5, 0.6) is 5.75 Å². The van der Waals surface area contributed by atoms with E-state index in [1.807, 2.05) is 0 Å². The minimum atomic E-state index is -1.34. The zero-order valence-electron chi connectivity index (χ0n) is 10.4. The Balaban J connectivity index is 2.73. The Morgan fingerprint density at radius 2 is 2.22 bits per heavy atom. The van der Waals surface area contributed by atoms with Crippen molar-refractivity contribution < 1.29 is 19.7 Å². The van der Waals surface area contributed by atoms with Crippen LogP contribution in [-0.2, 0) is 0 Å². The van der Waals surface area contributed by atoms with E-state index in [0.717, 1.165) is 0 Å². The molecule has 0 aliphatic heterocycles. The van der Waals surface area contributed by atoms with Crippen LogP contribution in [-0.4, -0.2) is 42.0 Å². The number of hydrogen-bond donors (Lipinski definition) is 4. The molecule has 1 amide bonds. The molecule has 6 nitrogen and oxygen atoms in total. The van der Waals surface area contributed by atoms with Gasteiger partial charge in [-0.1, -0.05) is 0 Å². The van der Waals surface area contributed by atoms with Gasteiger partial charge in [0.25, 0.3) is 5.91 Å². The van der Waals surface area contributed by atoms with E-state index >= 15 is 0 Å². The number of carbonyl (C=O) groups is 1. The maximum atomic E-state index is 11.8. The number of rotatable bonds is 5. The zero-order valence-corrected chi connectivity index (χ0v) is 10.4. The summed E-state index contributed by atoms with van der Waals surface area (Å²) in [6.45, 7) is 0.949. The van der Waals surface area contributed by atoms with Gasteiger partial charge in [-0.05, 0) is 25.1 Å². The third kappa shape index (κ3) is 3.61. The number of ether oxygens (including phenoxy) is 1. The molecule has 0 saturated carbocycles.